The van der Waals surface area contributed by atoms with E-state index in [1.165, 1.54) is 10.8 Å². The Morgan fingerprint density at radius 2 is 1.63 bits per heavy atom. The van der Waals surface area contributed by atoms with Gasteiger partial charge in [-0.25, -0.2) is 0 Å². The topological polar surface area (TPSA) is 20.2 Å². The molecule has 0 amide bonds. The summed E-state index contributed by atoms with van der Waals surface area (Å²) in [6, 6.07) is 18.4. The Morgan fingerprint density at radius 1 is 0.842 bits per heavy atom. The Balaban J connectivity index is 2.41. The molecule has 3 aromatic rings. The molecule has 0 radical (unpaired) electrons. The van der Waals surface area contributed by atoms with E-state index in [0.29, 0.717) is 0 Å². The van der Waals surface area contributed by atoms with Gasteiger partial charge in [-0.1, -0.05) is 67.3 Å². The van der Waals surface area contributed by atoms with Crippen LogP contribution in [0.4, 0.5) is 0 Å². The van der Waals surface area contributed by atoms with Crippen molar-refractivity contribution < 1.29 is 5.11 Å². The number of benzene rings is 3. The molecule has 0 heterocycles. The molecule has 0 aromatic heterocycles. The summed E-state index contributed by atoms with van der Waals surface area (Å²) in [6.07, 6.45) is 3.21. The lowest BCUT2D eigenvalue weighted by Crippen LogP contribution is -1.86. The molecule has 0 aliphatic rings. The van der Waals surface area contributed by atoms with Gasteiger partial charge in [0, 0.05) is 5.56 Å². The lowest BCUT2D eigenvalue weighted by atomic mass is 9.97. The van der Waals surface area contributed by atoms with Gasteiger partial charge in [0.25, 0.3) is 0 Å². The van der Waals surface area contributed by atoms with E-state index in [1.54, 1.807) is 12.2 Å². The smallest absolute Gasteiger partial charge is 0.123 e. The second kappa shape index (κ2) is 4.62. The zero-order chi connectivity index (χ0) is 13.2. The van der Waals surface area contributed by atoms with Crippen LogP contribution < -0.4 is 0 Å². The molecule has 0 unspecified atom stereocenters. The maximum Gasteiger partial charge on any atom is 0.123 e. The number of allylic oxidation sites excluding steroid dienone is 2. The van der Waals surface area contributed by atoms with E-state index in [1.807, 2.05) is 24.3 Å². The van der Waals surface area contributed by atoms with E-state index in [0.717, 1.165) is 16.3 Å². The molecule has 3 rings (SSSR count). The zero-order valence-corrected chi connectivity index (χ0v) is 10.5. The van der Waals surface area contributed by atoms with Gasteiger partial charge in [-0.15, -0.1) is 0 Å². The monoisotopic (exact) mass is 246 g/mol. The molecule has 92 valence electrons. The lowest BCUT2D eigenvalue weighted by molar-refractivity contribution is 0.513. The Labute approximate surface area is 112 Å². The molecular weight excluding hydrogens is 232 g/mol. The van der Waals surface area contributed by atoms with Gasteiger partial charge < -0.3 is 5.11 Å². The number of aliphatic hydroxyl groups is 1. The van der Waals surface area contributed by atoms with Crippen molar-refractivity contribution in [1.29, 1.82) is 0 Å². The first-order valence-corrected chi connectivity index (χ1v) is 6.24. The van der Waals surface area contributed by atoms with Crippen molar-refractivity contribution in [2.75, 3.05) is 0 Å². The molecule has 1 nitrogen and oxygen atoms in total. The van der Waals surface area contributed by atoms with Crippen molar-refractivity contribution in [3.63, 3.8) is 0 Å². The Morgan fingerprint density at radius 3 is 2.47 bits per heavy atom. The third-order valence-electron chi connectivity index (χ3n) is 3.34. The van der Waals surface area contributed by atoms with Gasteiger partial charge in [0.05, 0.1) is 0 Å². The summed E-state index contributed by atoms with van der Waals surface area (Å²) in [6.45, 7) is 3.62. The third-order valence-corrected chi connectivity index (χ3v) is 3.34. The average Bonchev–Trinajstić information content (AvgIpc) is 2.46. The molecule has 0 aliphatic carbocycles. The van der Waals surface area contributed by atoms with Crippen LogP contribution in [0.15, 0.2) is 73.3 Å². The van der Waals surface area contributed by atoms with E-state index in [2.05, 4.69) is 36.9 Å². The molecule has 0 saturated carbocycles. The number of hydrogen-bond donors (Lipinski definition) is 1. The van der Waals surface area contributed by atoms with Crippen LogP contribution in [-0.2, 0) is 0 Å². The van der Waals surface area contributed by atoms with Crippen molar-refractivity contribution >= 4 is 27.3 Å². The minimum absolute atomic E-state index is 0.246. The molecule has 3 aromatic carbocycles. The molecule has 0 aliphatic heterocycles. The summed E-state index contributed by atoms with van der Waals surface area (Å²) < 4.78 is 0. The Bertz CT molecular complexity index is 797. The zero-order valence-electron chi connectivity index (χ0n) is 10.5. The maximum absolute atomic E-state index is 10.1. The lowest BCUT2D eigenvalue weighted by Gasteiger charge is -2.08. The maximum atomic E-state index is 10.1. The van der Waals surface area contributed by atoms with E-state index in [4.69, 9.17) is 0 Å². The van der Waals surface area contributed by atoms with Crippen LogP contribution in [0.3, 0.4) is 0 Å². The highest BCUT2D eigenvalue weighted by molar-refractivity contribution is 6.10. The Kier molecular flexibility index (Phi) is 2.81. The summed E-state index contributed by atoms with van der Waals surface area (Å²) in [5.41, 5.74) is 0.836. The number of rotatable bonds is 2. The number of aliphatic hydroxyl groups excluding tert-OH is 1. The van der Waals surface area contributed by atoms with Gasteiger partial charge in [-0.05, 0) is 27.6 Å². The van der Waals surface area contributed by atoms with Gasteiger partial charge in [-0.3, -0.25) is 0 Å². The Hall–Kier alpha value is -2.54. The van der Waals surface area contributed by atoms with Crippen molar-refractivity contribution in [2.45, 2.75) is 0 Å². The van der Waals surface area contributed by atoms with Crippen LogP contribution >= 0.6 is 0 Å². The minimum atomic E-state index is 0.246. The number of fused-ring (bicyclic) bond motifs is 3. The average molecular weight is 246 g/mol. The molecule has 0 atom stereocenters. The number of hydrogen-bond acceptors (Lipinski definition) is 1. The molecule has 19 heavy (non-hydrogen) atoms. The highest BCUT2D eigenvalue weighted by Gasteiger charge is 2.06. The standard InChI is InChI=1S/C18H14O/c1-2-6-18(19)17-10-5-9-15-14-8-4-3-7-13(14)11-12-16(15)17/h2-12,19H,1H2/b18-6+. The third kappa shape index (κ3) is 1.89. The van der Waals surface area contributed by atoms with Gasteiger partial charge in [0.15, 0.2) is 0 Å². The summed E-state index contributed by atoms with van der Waals surface area (Å²) in [5, 5.41) is 14.7. The predicted octanol–water partition coefficient (Wildman–Crippen LogP) is 5.08. The summed E-state index contributed by atoms with van der Waals surface area (Å²) in [7, 11) is 0. The molecule has 1 heteroatoms. The summed E-state index contributed by atoms with van der Waals surface area (Å²) >= 11 is 0. The normalized spacial score (nSPS) is 11.9. The second-order valence-corrected chi connectivity index (χ2v) is 4.48. The highest BCUT2D eigenvalue weighted by Crippen LogP contribution is 2.30. The largest absolute Gasteiger partial charge is 0.507 e. The van der Waals surface area contributed by atoms with Crippen LogP contribution in [-0.4, -0.2) is 5.11 Å². The van der Waals surface area contributed by atoms with Crippen molar-refractivity contribution in [2.24, 2.45) is 0 Å². The van der Waals surface area contributed by atoms with Gasteiger partial charge in [0.1, 0.15) is 5.76 Å². The fraction of sp³-hybridized carbons (Fsp3) is 0. The van der Waals surface area contributed by atoms with Crippen LogP contribution in [0.1, 0.15) is 5.56 Å². The quantitative estimate of drug-likeness (QED) is 0.380. The first kappa shape index (κ1) is 11.5. The van der Waals surface area contributed by atoms with E-state index >= 15 is 0 Å². The first-order valence-electron chi connectivity index (χ1n) is 6.24. The SMILES string of the molecule is C=C/C=C(/O)c1cccc2c1ccc1ccccc12. The van der Waals surface area contributed by atoms with E-state index in [9.17, 15) is 5.11 Å². The predicted molar refractivity (Wildman–Crippen MR) is 82.3 cm³/mol. The fourth-order valence-electron chi connectivity index (χ4n) is 2.47. The van der Waals surface area contributed by atoms with E-state index < -0.39 is 0 Å². The molecule has 0 bridgehead atoms. The van der Waals surface area contributed by atoms with Crippen molar-refractivity contribution in [3.8, 4) is 0 Å². The van der Waals surface area contributed by atoms with Crippen molar-refractivity contribution in [1.82, 2.24) is 0 Å². The summed E-state index contributed by atoms with van der Waals surface area (Å²) in [5.74, 6) is 0.246. The molecule has 0 fully saturated rings. The fourth-order valence-corrected chi connectivity index (χ4v) is 2.47. The van der Waals surface area contributed by atoms with Gasteiger partial charge in [-0.2, -0.15) is 0 Å². The van der Waals surface area contributed by atoms with Crippen LogP contribution in [0, 0.1) is 0 Å². The summed E-state index contributed by atoms with van der Waals surface area (Å²) in [4.78, 5) is 0. The van der Waals surface area contributed by atoms with Crippen LogP contribution in [0.2, 0.25) is 0 Å². The van der Waals surface area contributed by atoms with Crippen molar-refractivity contribution in [3.05, 3.63) is 78.9 Å². The molecular formula is C18H14O. The first-order chi connectivity index (χ1) is 9.31. The second-order valence-electron chi connectivity index (χ2n) is 4.48. The van der Waals surface area contributed by atoms with E-state index in [-0.39, 0.29) is 5.76 Å². The van der Waals surface area contributed by atoms with Crippen LogP contribution in [0.25, 0.3) is 27.3 Å². The molecule has 1 N–H and O–H groups in total. The highest BCUT2D eigenvalue weighted by atomic mass is 16.3. The molecule has 0 spiro atoms. The van der Waals surface area contributed by atoms with Crippen LogP contribution in [0.5, 0.6) is 0 Å². The van der Waals surface area contributed by atoms with Gasteiger partial charge in [0.2, 0.25) is 0 Å². The minimum Gasteiger partial charge on any atom is -0.507 e. The molecule has 0 saturated heterocycles. The van der Waals surface area contributed by atoms with Gasteiger partial charge >= 0.3 is 0 Å².